The van der Waals surface area contributed by atoms with Crippen molar-refractivity contribution in [2.75, 3.05) is 39.5 Å². The van der Waals surface area contributed by atoms with E-state index in [0.29, 0.717) is 52.1 Å². The highest BCUT2D eigenvalue weighted by Crippen LogP contribution is 2.10. The van der Waals surface area contributed by atoms with Crippen LogP contribution in [0, 0.1) is 0 Å². The standard InChI is InChI=1S/C45H81NO5/c1-3-5-7-9-11-13-15-17-19-21-23-25-27-29-31-33-42-50-44(48)36-39-46(38-35-41-47)40-37-45(49)51-43-34-32-30-28-26-24-22-20-18-16-14-12-10-8-6-4-2/h11-14,17-20,47H,3-10,15-16,21-43H2,1-2H3/b13-11-,14-12-,19-17-,20-18-. The summed E-state index contributed by atoms with van der Waals surface area (Å²) in [5.74, 6) is -0.377. The van der Waals surface area contributed by atoms with E-state index in [4.69, 9.17) is 9.47 Å². The number of aliphatic hydroxyl groups excluding tert-OH is 1. The second-order valence-corrected chi connectivity index (χ2v) is 14.0. The van der Waals surface area contributed by atoms with Gasteiger partial charge in [-0.2, -0.15) is 0 Å². The highest BCUT2D eigenvalue weighted by atomic mass is 16.5. The molecule has 6 heteroatoms. The Morgan fingerprint density at radius 1 is 0.451 bits per heavy atom. The summed E-state index contributed by atoms with van der Waals surface area (Å²) in [4.78, 5) is 26.7. The van der Waals surface area contributed by atoms with Gasteiger partial charge in [0.2, 0.25) is 0 Å². The molecule has 0 fully saturated rings. The lowest BCUT2D eigenvalue weighted by Gasteiger charge is -2.21. The first-order valence-electron chi connectivity index (χ1n) is 21.4. The topological polar surface area (TPSA) is 76.1 Å². The second-order valence-electron chi connectivity index (χ2n) is 14.0. The maximum atomic E-state index is 12.3. The number of aliphatic hydroxyl groups is 1. The number of hydrogen-bond acceptors (Lipinski definition) is 6. The zero-order chi connectivity index (χ0) is 37.1. The second kappa shape index (κ2) is 42.2. The molecule has 0 aliphatic carbocycles. The van der Waals surface area contributed by atoms with Crippen molar-refractivity contribution in [3.63, 3.8) is 0 Å². The third-order valence-electron chi connectivity index (χ3n) is 9.11. The van der Waals surface area contributed by atoms with Crippen LogP contribution in [0.15, 0.2) is 48.6 Å². The zero-order valence-electron chi connectivity index (χ0n) is 33.5. The van der Waals surface area contributed by atoms with Crippen LogP contribution in [0.4, 0.5) is 0 Å². The number of hydrogen-bond donors (Lipinski definition) is 1. The Morgan fingerprint density at radius 3 is 1.18 bits per heavy atom. The lowest BCUT2D eigenvalue weighted by Crippen LogP contribution is -2.31. The summed E-state index contributed by atoms with van der Waals surface area (Å²) in [5, 5.41) is 9.28. The first-order chi connectivity index (χ1) is 25.1. The minimum absolute atomic E-state index is 0.0898. The van der Waals surface area contributed by atoms with E-state index in [1.165, 1.54) is 103 Å². The summed E-state index contributed by atoms with van der Waals surface area (Å²) >= 11 is 0. The van der Waals surface area contributed by atoms with Gasteiger partial charge in [0.05, 0.1) is 26.1 Å². The van der Waals surface area contributed by atoms with Crippen LogP contribution >= 0.6 is 0 Å². The Labute approximate surface area is 315 Å². The quantitative estimate of drug-likeness (QED) is 0.0388. The number of unbranched alkanes of at least 4 members (excludes halogenated alkanes) is 18. The molecule has 0 atom stereocenters. The summed E-state index contributed by atoms with van der Waals surface area (Å²) in [5.41, 5.74) is 0. The van der Waals surface area contributed by atoms with E-state index in [-0.39, 0.29) is 18.5 Å². The Bertz CT molecular complexity index is 799. The highest BCUT2D eigenvalue weighted by molar-refractivity contribution is 5.70. The molecule has 0 heterocycles. The van der Waals surface area contributed by atoms with Crippen molar-refractivity contribution in [2.24, 2.45) is 0 Å². The van der Waals surface area contributed by atoms with Crippen molar-refractivity contribution in [3.05, 3.63) is 48.6 Å². The normalized spacial score (nSPS) is 12.1. The molecule has 0 radical (unpaired) electrons. The van der Waals surface area contributed by atoms with Gasteiger partial charge in [-0.05, 0) is 83.5 Å². The van der Waals surface area contributed by atoms with Gasteiger partial charge in [0.25, 0.3) is 0 Å². The minimum atomic E-state index is -0.188. The van der Waals surface area contributed by atoms with Gasteiger partial charge < -0.3 is 19.5 Å². The average molecular weight is 716 g/mol. The summed E-state index contributed by atoms with van der Waals surface area (Å²) in [7, 11) is 0. The van der Waals surface area contributed by atoms with Gasteiger partial charge in [-0.3, -0.25) is 9.59 Å². The van der Waals surface area contributed by atoms with E-state index in [9.17, 15) is 14.7 Å². The molecule has 0 bridgehead atoms. The number of rotatable bonds is 39. The Hall–Kier alpha value is -2.18. The van der Waals surface area contributed by atoms with Crippen LogP contribution in [0.1, 0.15) is 187 Å². The number of esters is 2. The molecule has 0 spiro atoms. The zero-order valence-corrected chi connectivity index (χ0v) is 33.5. The SMILES string of the molecule is CCCCC/C=C\C/C=C\CCCCCCCCOC(=O)CCN(CCCO)CCC(=O)OCCCCCCCC/C=C\C/C=C\CCCCC. The monoisotopic (exact) mass is 716 g/mol. The van der Waals surface area contributed by atoms with Gasteiger partial charge in [0, 0.05) is 26.2 Å². The van der Waals surface area contributed by atoms with Gasteiger partial charge >= 0.3 is 11.9 Å². The summed E-state index contributed by atoms with van der Waals surface area (Å²) < 4.78 is 10.9. The lowest BCUT2D eigenvalue weighted by molar-refractivity contribution is -0.144. The van der Waals surface area contributed by atoms with E-state index in [1.807, 2.05) is 0 Å². The largest absolute Gasteiger partial charge is 0.466 e. The molecule has 51 heavy (non-hydrogen) atoms. The van der Waals surface area contributed by atoms with Gasteiger partial charge in [0.15, 0.2) is 0 Å². The molecule has 0 aromatic rings. The molecule has 0 rings (SSSR count). The van der Waals surface area contributed by atoms with Crippen LogP contribution in [-0.4, -0.2) is 61.4 Å². The van der Waals surface area contributed by atoms with Crippen molar-refractivity contribution in [2.45, 2.75) is 187 Å². The third kappa shape index (κ3) is 40.4. The lowest BCUT2D eigenvalue weighted by atomic mass is 10.1. The maximum Gasteiger partial charge on any atom is 0.307 e. The minimum Gasteiger partial charge on any atom is -0.466 e. The molecular weight excluding hydrogens is 634 g/mol. The maximum absolute atomic E-state index is 12.3. The van der Waals surface area contributed by atoms with Crippen LogP contribution in [-0.2, 0) is 19.1 Å². The van der Waals surface area contributed by atoms with Gasteiger partial charge in [-0.15, -0.1) is 0 Å². The molecule has 0 saturated carbocycles. The molecule has 0 aliphatic heterocycles. The molecule has 0 unspecified atom stereocenters. The van der Waals surface area contributed by atoms with E-state index < -0.39 is 0 Å². The van der Waals surface area contributed by atoms with Crippen molar-refractivity contribution in [1.29, 1.82) is 0 Å². The Morgan fingerprint density at radius 2 is 0.804 bits per heavy atom. The van der Waals surface area contributed by atoms with Crippen molar-refractivity contribution < 1.29 is 24.2 Å². The Kier molecular flexibility index (Phi) is 40.4. The van der Waals surface area contributed by atoms with Crippen LogP contribution < -0.4 is 0 Å². The number of carbonyl (C=O) groups excluding carboxylic acids is 2. The van der Waals surface area contributed by atoms with Gasteiger partial charge in [-0.1, -0.05) is 140 Å². The highest BCUT2D eigenvalue weighted by Gasteiger charge is 2.12. The van der Waals surface area contributed by atoms with E-state index in [2.05, 4.69) is 67.4 Å². The van der Waals surface area contributed by atoms with E-state index >= 15 is 0 Å². The number of allylic oxidation sites excluding steroid dienone is 8. The molecule has 0 aromatic carbocycles. The van der Waals surface area contributed by atoms with Crippen LogP contribution in [0.2, 0.25) is 0 Å². The van der Waals surface area contributed by atoms with E-state index in [1.54, 1.807) is 0 Å². The average Bonchev–Trinajstić information content (AvgIpc) is 3.13. The van der Waals surface area contributed by atoms with Gasteiger partial charge in [0.1, 0.15) is 0 Å². The predicted octanol–water partition coefficient (Wildman–Crippen LogP) is 12.2. The fourth-order valence-electron chi connectivity index (χ4n) is 5.83. The molecule has 6 nitrogen and oxygen atoms in total. The van der Waals surface area contributed by atoms with Crippen LogP contribution in [0.25, 0.3) is 0 Å². The van der Waals surface area contributed by atoms with Crippen LogP contribution in [0.5, 0.6) is 0 Å². The van der Waals surface area contributed by atoms with Crippen molar-refractivity contribution in [1.82, 2.24) is 4.90 Å². The van der Waals surface area contributed by atoms with Crippen LogP contribution in [0.3, 0.4) is 0 Å². The number of carbonyl (C=O) groups is 2. The molecule has 0 aliphatic rings. The summed E-state index contributed by atoms with van der Waals surface area (Å²) in [6, 6.07) is 0. The first-order valence-corrected chi connectivity index (χ1v) is 21.4. The molecule has 0 saturated heterocycles. The van der Waals surface area contributed by atoms with E-state index in [0.717, 1.165) is 51.4 Å². The fraction of sp³-hybridized carbons (Fsp3) is 0.778. The fourth-order valence-corrected chi connectivity index (χ4v) is 5.83. The predicted molar refractivity (Wildman–Crippen MR) is 218 cm³/mol. The molecule has 1 N–H and O–H groups in total. The smallest absolute Gasteiger partial charge is 0.307 e. The van der Waals surface area contributed by atoms with Crippen molar-refractivity contribution >= 4 is 11.9 Å². The molecule has 0 aromatic heterocycles. The Balaban J connectivity index is 3.75. The first kappa shape index (κ1) is 48.8. The summed E-state index contributed by atoms with van der Waals surface area (Å²) in [6.07, 6.45) is 48.1. The third-order valence-corrected chi connectivity index (χ3v) is 9.11. The van der Waals surface area contributed by atoms with Gasteiger partial charge in [-0.25, -0.2) is 0 Å². The number of nitrogens with zero attached hydrogens (tertiary/aromatic N) is 1. The molecule has 296 valence electrons. The molecular formula is C45H81NO5. The summed E-state index contributed by atoms with van der Waals surface area (Å²) in [6.45, 7) is 7.24. The number of ether oxygens (including phenoxy) is 2. The van der Waals surface area contributed by atoms with Crippen molar-refractivity contribution in [3.8, 4) is 0 Å². The molecule has 0 amide bonds.